The first-order chi connectivity index (χ1) is 6.87. The fourth-order valence-electron chi connectivity index (χ4n) is 3.01. The van der Waals surface area contributed by atoms with Crippen LogP contribution in [0.25, 0.3) is 0 Å². The molecule has 78 valence electrons. The third-order valence-electron chi connectivity index (χ3n) is 3.68. The van der Waals surface area contributed by atoms with Gasteiger partial charge in [-0.05, 0) is 0 Å². The first kappa shape index (κ1) is 10.2. The minimum atomic E-state index is -1.01. The molecule has 1 aliphatic heterocycles. The number of rotatable bonds is 3. The molecule has 0 nitrogen and oxygen atoms in total. The van der Waals surface area contributed by atoms with Gasteiger partial charge in [-0.25, -0.2) is 0 Å². The maximum atomic E-state index is 2.38. The third-order valence-corrected chi connectivity index (χ3v) is 9.31. The zero-order valence-electron chi connectivity index (χ0n) is 9.13. The summed E-state index contributed by atoms with van der Waals surface area (Å²) in [6.45, 7) is 2.34. The van der Waals surface area contributed by atoms with Gasteiger partial charge >= 0.3 is 87.6 Å². The summed E-state index contributed by atoms with van der Waals surface area (Å²) in [4.78, 5) is 0. The van der Waals surface area contributed by atoms with Crippen LogP contribution < -0.4 is 5.30 Å². The molecule has 1 heteroatoms. The average Bonchev–Trinajstić information content (AvgIpc) is 2.70. The standard InChI is InChI=1S/C13H21P/c1-2-10-14(11-6-7-12-14)13-8-4-3-5-9-13/h3-5,8-9,14H,2,6-7,10-12H2,1H3. The van der Waals surface area contributed by atoms with E-state index in [9.17, 15) is 0 Å². The number of hydrogen-bond donors (Lipinski definition) is 0. The molecule has 0 bridgehead atoms. The van der Waals surface area contributed by atoms with Gasteiger partial charge in [-0.2, -0.15) is 0 Å². The van der Waals surface area contributed by atoms with Crippen LogP contribution in [0.2, 0.25) is 0 Å². The number of benzene rings is 1. The van der Waals surface area contributed by atoms with Crippen LogP contribution in [0.1, 0.15) is 26.2 Å². The molecule has 2 rings (SSSR count). The van der Waals surface area contributed by atoms with E-state index in [4.69, 9.17) is 0 Å². The van der Waals surface area contributed by atoms with Crippen molar-refractivity contribution in [2.75, 3.05) is 18.5 Å². The van der Waals surface area contributed by atoms with Crippen molar-refractivity contribution in [2.24, 2.45) is 0 Å². The Bertz CT molecular complexity index is 273. The molecule has 0 N–H and O–H groups in total. The molecule has 14 heavy (non-hydrogen) atoms. The monoisotopic (exact) mass is 208 g/mol. The van der Waals surface area contributed by atoms with E-state index < -0.39 is 7.26 Å². The first-order valence-electron chi connectivity index (χ1n) is 5.93. The van der Waals surface area contributed by atoms with E-state index in [1.165, 1.54) is 25.4 Å². The molecule has 1 fully saturated rings. The molecule has 1 heterocycles. The Labute approximate surface area is 88.1 Å². The van der Waals surface area contributed by atoms with E-state index in [0.717, 1.165) is 0 Å². The van der Waals surface area contributed by atoms with Crippen molar-refractivity contribution < 1.29 is 0 Å². The summed E-state index contributed by atoms with van der Waals surface area (Å²) < 4.78 is 0. The molecule has 0 aliphatic carbocycles. The van der Waals surface area contributed by atoms with E-state index in [-0.39, 0.29) is 0 Å². The molecule has 0 unspecified atom stereocenters. The Balaban J connectivity index is 2.27. The topological polar surface area (TPSA) is 0 Å². The molecular weight excluding hydrogens is 187 g/mol. The summed E-state index contributed by atoms with van der Waals surface area (Å²) in [6.07, 6.45) is 8.95. The van der Waals surface area contributed by atoms with Gasteiger partial charge in [0.15, 0.2) is 0 Å². The van der Waals surface area contributed by atoms with Gasteiger partial charge in [0, 0.05) is 0 Å². The van der Waals surface area contributed by atoms with Crippen molar-refractivity contribution in [1.82, 2.24) is 0 Å². The van der Waals surface area contributed by atoms with Crippen LogP contribution in [0.15, 0.2) is 30.3 Å². The van der Waals surface area contributed by atoms with Gasteiger partial charge in [0.1, 0.15) is 0 Å². The van der Waals surface area contributed by atoms with E-state index in [1.807, 2.05) is 0 Å². The normalized spacial score (nSPS) is 22.1. The SMILES string of the molecule is CCC[PH]1(c2ccccc2)CCCC1. The zero-order chi connectivity index (χ0) is 9.86. The van der Waals surface area contributed by atoms with E-state index >= 15 is 0 Å². The average molecular weight is 208 g/mol. The quantitative estimate of drug-likeness (QED) is 0.669. The second-order valence-electron chi connectivity index (χ2n) is 4.60. The fourth-order valence-corrected chi connectivity index (χ4v) is 8.33. The molecule has 1 aromatic carbocycles. The predicted octanol–water partition coefficient (Wildman–Crippen LogP) is 3.27. The summed E-state index contributed by atoms with van der Waals surface area (Å²) >= 11 is 0. The van der Waals surface area contributed by atoms with E-state index in [1.54, 1.807) is 17.6 Å². The van der Waals surface area contributed by atoms with Crippen LogP contribution in [-0.2, 0) is 0 Å². The van der Waals surface area contributed by atoms with Crippen molar-refractivity contribution in [2.45, 2.75) is 26.2 Å². The maximum absolute atomic E-state index is 2.38. The molecule has 1 aliphatic rings. The molecule has 0 radical (unpaired) electrons. The van der Waals surface area contributed by atoms with Gasteiger partial charge in [0.25, 0.3) is 0 Å². The molecule has 0 aromatic heterocycles. The van der Waals surface area contributed by atoms with E-state index in [2.05, 4.69) is 37.3 Å². The fraction of sp³-hybridized carbons (Fsp3) is 0.538. The third kappa shape index (κ3) is 1.86. The second-order valence-corrected chi connectivity index (χ2v) is 9.24. The zero-order valence-corrected chi connectivity index (χ0v) is 10.1. The molecule has 0 saturated carbocycles. The Morgan fingerprint density at radius 2 is 1.71 bits per heavy atom. The van der Waals surface area contributed by atoms with Crippen LogP contribution in [0.4, 0.5) is 0 Å². The molecule has 0 atom stereocenters. The Hall–Kier alpha value is -0.350. The van der Waals surface area contributed by atoms with Gasteiger partial charge in [0.2, 0.25) is 0 Å². The van der Waals surface area contributed by atoms with Crippen LogP contribution >= 0.6 is 7.26 Å². The van der Waals surface area contributed by atoms with Gasteiger partial charge in [0.05, 0.1) is 0 Å². The summed E-state index contributed by atoms with van der Waals surface area (Å²) in [5.74, 6) is 0. The Kier molecular flexibility index (Phi) is 3.23. The number of hydrogen-bond acceptors (Lipinski definition) is 0. The van der Waals surface area contributed by atoms with Crippen LogP contribution in [0, 0.1) is 0 Å². The van der Waals surface area contributed by atoms with Crippen molar-refractivity contribution >= 4 is 12.6 Å². The van der Waals surface area contributed by atoms with Gasteiger partial charge in [-0.3, -0.25) is 0 Å². The molecule has 0 spiro atoms. The van der Waals surface area contributed by atoms with Crippen molar-refractivity contribution in [1.29, 1.82) is 0 Å². The molecule has 1 saturated heterocycles. The van der Waals surface area contributed by atoms with Gasteiger partial charge < -0.3 is 0 Å². The van der Waals surface area contributed by atoms with Crippen LogP contribution in [0.3, 0.4) is 0 Å². The summed E-state index contributed by atoms with van der Waals surface area (Å²) in [6, 6.07) is 11.4. The first-order valence-corrected chi connectivity index (χ1v) is 8.55. The van der Waals surface area contributed by atoms with Crippen molar-refractivity contribution in [3.05, 3.63) is 30.3 Å². The summed E-state index contributed by atoms with van der Waals surface area (Å²) in [5.41, 5.74) is 0. The van der Waals surface area contributed by atoms with E-state index in [0.29, 0.717) is 0 Å². The molecular formula is C13H21P. The van der Waals surface area contributed by atoms with Gasteiger partial charge in [-0.15, -0.1) is 0 Å². The van der Waals surface area contributed by atoms with Crippen LogP contribution in [-0.4, -0.2) is 18.5 Å². The Morgan fingerprint density at radius 1 is 1.07 bits per heavy atom. The molecule has 0 amide bonds. The predicted molar refractivity (Wildman–Crippen MR) is 68.5 cm³/mol. The van der Waals surface area contributed by atoms with Gasteiger partial charge in [-0.1, -0.05) is 0 Å². The van der Waals surface area contributed by atoms with Crippen molar-refractivity contribution in [3.8, 4) is 0 Å². The Morgan fingerprint density at radius 3 is 2.29 bits per heavy atom. The van der Waals surface area contributed by atoms with Crippen molar-refractivity contribution in [3.63, 3.8) is 0 Å². The van der Waals surface area contributed by atoms with Crippen LogP contribution in [0.5, 0.6) is 0 Å². The molecule has 1 aromatic rings. The second kappa shape index (κ2) is 4.45. The summed E-state index contributed by atoms with van der Waals surface area (Å²) in [7, 11) is -1.01. The summed E-state index contributed by atoms with van der Waals surface area (Å²) in [5, 5.41) is 1.72. The minimum absolute atomic E-state index is 1.01.